The summed E-state index contributed by atoms with van der Waals surface area (Å²) in [6.07, 6.45) is 6.49. The van der Waals surface area contributed by atoms with Crippen LogP contribution in [0.5, 0.6) is 11.5 Å². The zero-order chi connectivity index (χ0) is 27.8. The molecule has 6 rings (SSSR count). The highest BCUT2D eigenvalue weighted by atomic mass is 16.5. The third-order valence-electron chi connectivity index (χ3n) is 8.59. The van der Waals surface area contributed by atoms with Crippen LogP contribution in [0.25, 0.3) is 27.7 Å². The normalized spacial score (nSPS) is 21.9. The number of ether oxygens (including phenoxy) is 2. The lowest BCUT2D eigenvalue weighted by Gasteiger charge is -2.28. The number of aromatic nitrogens is 2. The molecule has 0 aliphatic carbocycles. The van der Waals surface area contributed by atoms with Gasteiger partial charge in [-0.15, -0.1) is 0 Å². The maximum Gasteiger partial charge on any atom is 0.323 e. The van der Waals surface area contributed by atoms with Crippen molar-refractivity contribution in [2.45, 2.75) is 46.5 Å². The quantitative estimate of drug-likeness (QED) is 0.281. The van der Waals surface area contributed by atoms with Gasteiger partial charge >= 0.3 is 5.69 Å². The molecule has 3 aromatic carbocycles. The van der Waals surface area contributed by atoms with Gasteiger partial charge in [-0.3, -0.25) is 4.99 Å². The first-order valence-corrected chi connectivity index (χ1v) is 14.3. The van der Waals surface area contributed by atoms with Gasteiger partial charge in [0.2, 0.25) is 0 Å². The highest BCUT2D eigenvalue weighted by Gasteiger charge is 2.27. The zero-order valence-electron chi connectivity index (χ0n) is 23.7. The van der Waals surface area contributed by atoms with Crippen LogP contribution in [-0.4, -0.2) is 29.4 Å². The summed E-state index contributed by atoms with van der Waals surface area (Å²) >= 11 is 0. The molecule has 0 radical (unpaired) electrons. The zero-order valence-corrected chi connectivity index (χ0v) is 23.7. The van der Waals surface area contributed by atoms with E-state index in [1.807, 2.05) is 12.1 Å². The Morgan fingerprint density at radius 1 is 1.02 bits per heavy atom. The van der Waals surface area contributed by atoms with Crippen molar-refractivity contribution in [2.24, 2.45) is 22.7 Å². The number of benzene rings is 3. The van der Waals surface area contributed by atoms with E-state index in [-0.39, 0.29) is 5.69 Å². The van der Waals surface area contributed by atoms with Gasteiger partial charge < -0.3 is 19.4 Å². The van der Waals surface area contributed by atoms with Gasteiger partial charge in [0, 0.05) is 17.3 Å². The van der Waals surface area contributed by atoms with Crippen LogP contribution >= 0.6 is 0 Å². The molecule has 0 saturated carbocycles. The molecule has 0 spiro atoms. The van der Waals surface area contributed by atoms with Crippen LogP contribution < -0.4 is 15.2 Å². The van der Waals surface area contributed by atoms with E-state index >= 15 is 0 Å². The summed E-state index contributed by atoms with van der Waals surface area (Å²) in [6, 6.07) is 18.8. The third-order valence-corrected chi connectivity index (χ3v) is 8.59. The van der Waals surface area contributed by atoms with E-state index in [2.05, 4.69) is 79.3 Å². The summed E-state index contributed by atoms with van der Waals surface area (Å²) in [4.78, 5) is 22.4. The Labute approximate surface area is 235 Å². The Bertz CT molecular complexity index is 1680. The van der Waals surface area contributed by atoms with Crippen LogP contribution in [-0.2, 0) is 6.42 Å². The maximum atomic E-state index is 11.7. The van der Waals surface area contributed by atoms with Crippen LogP contribution in [0.1, 0.15) is 51.2 Å². The van der Waals surface area contributed by atoms with Crippen LogP contribution in [0.3, 0.4) is 0 Å². The van der Waals surface area contributed by atoms with Crippen molar-refractivity contribution in [1.29, 1.82) is 0 Å². The van der Waals surface area contributed by atoms with Gasteiger partial charge in [0.1, 0.15) is 11.5 Å². The van der Waals surface area contributed by atoms with E-state index in [4.69, 9.17) is 14.5 Å². The van der Waals surface area contributed by atoms with Gasteiger partial charge in [0.25, 0.3) is 0 Å². The van der Waals surface area contributed by atoms with Gasteiger partial charge in [0.15, 0.2) is 0 Å². The van der Waals surface area contributed by atoms with Crippen molar-refractivity contribution in [2.75, 3.05) is 13.7 Å². The SMILES string of the molecule is CCC1CC(C)=Nc2cc(OC)ccc2/C1=C\C1CCOc2ccc(-c3ccc4[nH]c(=O)[nH]c4c3)cc2CC1C. The fraction of sp³-hybridized carbons (Fsp3) is 0.353. The highest BCUT2D eigenvalue weighted by Crippen LogP contribution is 2.42. The Kier molecular flexibility index (Phi) is 7.09. The monoisotopic (exact) mass is 535 g/mol. The number of aromatic amines is 2. The van der Waals surface area contributed by atoms with Gasteiger partial charge in [-0.05, 0) is 109 Å². The fourth-order valence-corrected chi connectivity index (χ4v) is 6.34. The van der Waals surface area contributed by atoms with E-state index < -0.39 is 0 Å². The lowest BCUT2D eigenvalue weighted by Crippen LogP contribution is -2.20. The third kappa shape index (κ3) is 5.10. The average molecular weight is 536 g/mol. The van der Waals surface area contributed by atoms with Crippen LogP contribution in [0.15, 0.2) is 70.5 Å². The molecule has 6 nitrogen and oxygen atoms in total. The van der Waals surface area contributed by atoms with Crippen molar-refractivity contribution < 1.29 is 9.47 Å². The summed E-state index contributed by atoms with van der Waals surface area (Å²) < 4.78 is 11.9. The molecule has 1 aromatic heterocycles. The average Bonchev–Trinajstić information content (AvgIpc) is 3.26. The Balaban J connectivity index is 1.33. The van der Waals surface area contributed by atoms with E-state index in [0.717, 1.165) is 65.0 Å². The summed E-state index contributed by atoms with van der Waals surface area (Å²) in [5.41, 5.74) is 9.68. The predicted octanol–water partition coefficient (Wildman–Crippen LogP) is 7.72. The van der Waals surface area contributed by atoms with Crippen molar-refractivity contribution in [1.82, 2.24) is 9.97 Å². The Hall–Kier alpha value is -4.06. The molecule has 6 heteroatoms. The maximum absolute atomic E-state index is 11.7. The minimum atomic E-state index is -0.185. The molecule has 0 fully saturated rings. The van der Waals surface area contributed by atoms with Crippen molar-refractivity contribution in [3.05, 3.63) is 82.3 Å². The number of H-pyrrole nitrogens is 2. The predicted molar refractivity (Wildman–Crippen MR) is 163 cm³/mol. The van der Waals surface area contributed by atoms with Crippen LogP contribution in [0.2, 0.25) is 0 Å². The Morgan fingerprint density at radius 3 is 2.65 bits per heavy atom. The number of hydrogen-bond donors (Lipinski definition) is 2. The molecule has 2 N–H and O–H groups in total. The lowest BCUT2D eigenvalue weighted by molar-refractivity contribution is 0.248. The topological polar surface area (TPSA) is 79.5 Å². The molecular weight excluding hydrogens is 498 g/mol. The number of allylic oxidation sites excluding steroid dienone is 2. The largest absolute Gasteiger partial charge is 0.497 e. The standard InChI is InChI=1S/C34H37N3O3/c1-5-22-15-21(3)35-31-19-27(39-4)8-9-28(31)29(22)17-23-12-13-40-33-11-7-24(16-26(33)14-20(23)2)25-6-10-30-32(18-25)37-34(38)36-30/h6-11,16-20,22-23H,5,12-15H2,1-4H3,(H2,36,37,38)/b29-17-. The van der Waals surface area contributed by atoms with Crippen molar-refractivity contribution in [3.8, 4) is 22.6 Å². The lowest BCUT2D eigenvalue weighted by atomic mass is 9.79. The molecule has 3 atom stereocenters. The minimum Gasteiger partial charge on any atom is -0.497 e. The van der Waals surface area contributed by atoms with E-state index in [9.17, 15) is 4.79 Å². The smallest absolute Gasteiger partial charge is 0.323 e. The van der Waals surface area contributed by atoms with Crippen molar-refractivity contribution >= 4 is 28.0 Å². The van der Waals surface area contributed by atoms with Gasteiger partial charge in [0.05, 0.1) is 30.4 Å². The molecule has 0 amide bonds. The number of nitrogens with one attached hydrogen (secondary N) is 2. The highest BCUT2D eigenvalue weighted by molar-refractivity contribution is 5.92. The molecule has 3 heterocycles. The first-order valence-electron chi connectivity index (χ1n) is 14.3. The number of imidazole rings is 1. The second-order valence-corrected chi connectivity index (χ2v) is 11.3. The number of fused-ring (bicyclic) bond motifs is 3. The van der Waals surface area contributed by atoms with Crippen molar-refractivity contribution in [3.63, 3.8) is 0 Å². The number of hydrogen-bond acceptors (Lipinski definition) is 4. The molecule has 206 valence electrons. The fourth-order valence-electron chi connectivity index (χ4n) is 6.34. The number of nitrogens with zero attached hydrogens (tertiary/aromatic N) is 1. The Morgan fingerprint density at radius 2 is 1.82 bits per heavy atom. The first kappa shape index (κ1) is 26.2. The second-order valence-electron chi connectivity index (χ2n) is 11.3. The molecule has 3 unspecified atom stereocenters. The second kappa shape index (κ2) is 10.8. The number of methoxy groups -OCH3 is 1. The van der Waals surface area contributed by atoms with E-state index in [0.29, 0.717) is 24.4 Å². The number of rotatable bonds is 4. The molecule has 2 aliphatic rings. The van der Waals surface area contributed by atoms with E-state index in [1.165, 1.54) is 22.4 Å². The molecule has 4 aromatic rings. The number of aliphatic imine (C=N–C) groups is 1. The minimum absolute atomic E-state index is 0.185. The molecule has 0 bridgehead atoms. The first-order chi connectivity index (χ1) is 19.4. The summed E-state index contributed by atoms with van der Waals surface area (Å²) in [5.74, 6) is 3.08. The summed E-state index contributed by atoms with van der Waals surface area (Å²) in [7, 11) is 1.71. The molecule has 40 heavy (non-hydrogen) atoms. The molecular formula is C34H37N3O3. The molecule has 0 saturated heterocycles. The molecule has 2 aliphatic heterocycles. The van der Waals surface area contributed by atoms with Gasteiger partial charge in [-0.25, -0.2) is 4.79 Å². The van der Waals surface area contributed by atoms with Crippen LogP contribution in [0, 0.1) is 17.8 Å². The van der Waals surface area contributed by atoms with Gasteiger partial charge in [-0.1, -0.05) is 32.1 Å². The summed E-state index contributed by atoms with van der Waals surface area (Å²) in [5, 5.41) is 0. The van der Waals surface area contributed by atoms with Gasteiger partial charge in [-0.2, -0.15) is 0 Å². The summed E-state index contributed by atoms with van der Waals surface area (Å²) in [6.45, 7) is 7.47. The van der Waals surface area contributed by atoms with Crippen LogP contribution in [0.4, 0.5) is 5.69 Å². The van der Waals surface area contributed by atoms with E-state index in [1.54, 1.807) is 7.11 Å².